The van der Waals surface area contributed by atoms with Crippen molar-refractivity contribution >= 4 is 5.82 Å². The Hall–Kier alpha value is -1.99. The molecule has 0 spiro atoms. The summed E-state index contributed by atoms with van der Waals surface area (Å²) in [5.41, 5.74) is 3.03. The average Bonchev–Trinajstić information content (AvgIpc) is 3.52. The molecular weight excluding hydrogens is 376 g/mol. The molecule has 3 aliphatic heterocycles. The van der Waals surface area contributed by atoms with Crippen molar-refractivity contribution in [2.45, 2.75) is 57.3 Å². The summed E-state index contributed by atoms with van der Waals surface area (Å²) in [7, 11) is 1.95. The monoisotopic (exact) mass is 408 g/mol. The Labute approximate surface area is 178 Å². The highest BCUT2D eigenvalue weighted by atomic mass is 16.5. The Bertz CT molecular complexity index is 877. The van der Waals surface area contributed by atoms with Gasteiger partial charge in [-0.2, -0.15) is 5.10 Å². The number of aromatic nitrogens is 4. The van der Waals surface area contributed by atoms with Crippen molar-refractivity contribution in [2.24, 2.45) is 24.8 Å². The molecule has 4 fully saturated rings. The van der Waals surface area contributed by atoms with Gasteiger partial charge < -0.3 is 15.0 Å². The normalized spacial score (nSPS) is 35.3. The number of nitrogens with zero attached hydrogens (tertiary/aromatic N) is 5. The van der Waals surface area contributed by atoms with Gasteiger partial charge in [0.2, 0.25) is 0 Å². The fourth-order valence-electron chi connectivity index (χ4n) is 6.59. The van der Waals surface area contributed by atoms with Crippen molar-refractivity contribution in [3.05, 3.63) is 23.9 Å². The molecule has 3 saturated heterocycles. The van der Waals surface area contributed by atoms with Gasteiger partial charge in [0, 0.05) is 38.6 Å². The number of ether oxygens (including phenoxy) is 1. The molecule has 30 heavy (non-hydrogen) atoms. The predicted molar refractivity (Wildman–Crippen MR) is 115 cm³/mol. The van der Waals surface area contributed by atoms with E-state index < -0.39 is 0 Å². The van der Waals surface area contributed by atoms with Gasteiger partial charge in [0.1, 0.15) is 11.5 Å². The standard InChI is InChI=1S/C23H32N6O/c1-14-10-24-28(2)23(14)20-4-6-22(27-26-20)25-18-7-15-11-29(12-16(15)8-18)13-17-9-19-3-5-21(17)30-19/h4,6,10,15-19,21H,3,5,7-9,11-13H2,1-2H3,(H,25,27). The van der Waals surface area contributed by atoms with Gasteiger partial charge in [-0.3, -0.25) is 4.68 Å². The molecule has 160 valence electrons. The third-order valence-corrected chi connectivity index (χ3v) is 7.93. The van der Waals surface area contributed by atoms with Gasteiger partial charge in [0.25, 0.3) is 0 Å². The summed E-state index contributed by atoms with van der Waals surface area (Å²) in [5.74, 6) is 3.32. The molecule has 1 saturated carbocycles. The lowest BCUT2D eigenvalue weighted by Gasteiger charge is -2.26. The Morgan fingerprint density at radius 1 is 1.10 bits per heavy atom. The second-order valence-corrected chi connectivity index (χ2v) is 10.0. The number of hydrogen-bond donors (Lipinski definition) is 1. The fourth-order valence-corrected chi connectivity index (χ4v) is 6.59. The summed E-state index contributed by atoms with van der Waals surface area (Å²) in [5, 5.41) is 16.9. The second kappa shape index (κ2) is 7.31. The van der Waals surface area contributed by atoms with E-state index in [1.165, 1.54) is 51.7 Å². The third kappa shape index (κ3) is 3.32. The molecule has 5 heterocycles. The van der Waals surface area contributed by atoms with Gasteiger partial charge in [0.15, 0.2) is 0 Å². The van der Waals surface area contributed by atoms with Crippen molar-refractivity contribution in [3.63, 3.8) is 0 Å². The number of fused-ring (bicyclic) bond motifs is 3. The maximum atomic E-state index is 6.06. The number of nitrogens with one attached hydrogen (secondary N) is 1. The number of hydrogen-bond acceptors (Lipinski definition) is 6. The Balaban J connectivity index is 1.03. The van der Waals surface area contributed by atoms with Gasteiger partial charge in [0.05, 0.1) is 24.1 Å². The minimum absolute atomic E-state index is 0.520. The van der Waals surface area contributed by atoms with Crippen LogP contribution in [0.5, 0.6) is 0 Å². The molecule has 7 nitrogen and oxygen atoms in total. The van der Waals surface area contributed by atoms with E-state index in [0.29, 0.717) is 18.2 Å². The van der Waals surface area contributed by atoms with Gasteiger partial charge in [-0.25, -0.2) is 0 Å². The zero-order chi connectivity index (χ0) is 20.2. The molecule has 2 bridgehead atoms. The van der Waals surface area contributed by atoms with Crippen LogP contribution in [0.1, 0.15) is 37.7 Å². The molecule has 6 rings (SSSR count). The zero-order valence-electron chi connectivity index (χ0n) is 18.0. The molecule has 0 radical (unpaired) electrons. The first kappa shape index (κ1) is 18.8. The highest BCUT2D eigenvalue weighted by Gasteiger charge is 2.45. The van der Waals surface area contributed by atoms with Gasteiger partial charge in [-0.15, -0.1) is 10.2 Å². The largest absolute Gasteiger partial charge is 0.375 e. The van der Waals surface area contributed by atoms with Gasteiger partial charge >= 0.3 is 0 Å². The minimum Gasteiger partial charge on any atom is -0.375 e. The molecule has 2 aromatic heterocycles. The summed E-state index contributed by atoms with van der Waals surface area (Å²) in [6.07, 6.45) is 9.39. The van der Waals surface area contributed by atoms with E-state index in [1.807, 2.05) is 24.0 Å². The van der Waals surface area contributed by atoms with Crippen LogP contribution in [0, 0.1) is 24.7 Å². The molecule has 4 aliphatic rings. The first-order chi connectivity index (χ1) is 14.6. The van der Waals surface area contributed by atoms with Crippen molar-refractivity contribution in [2.75, 3.05) is 25.0 Å². The van der Waals surface area contributed by atoms with Crippen molar-refractivity contribution in [1.29, 1.82) is 0 Å². The van der Waals surface area contributed by atoms with E-state index in [4.69, 9.17) is 4.74 Å². The SMILES string of the molecule is Cc1cnn(C)c1-c1ccc(NC2CC3CN(CC4CC5CCC4O5)CC3C2)nn1. The molecule has 7 heteroatoms. The molecular formula is C23H32N6O. The minimum atomic E-state index is 0.520. The van der Waals surface area contributed by atoms with E-state index in [-0.39, 0.29) is 0 Å². The van der Waals surface area contributed by atoms with Gasteiger partial charge in [-0.1, -0.05) is 0 Å². The first-order valence-electron chi connectivity index (χ1n) is 11.6. The lowest BCUT2D eigenvalue weighted by molar-refractivity contribution is 0.0854. The molecule has 5 atom stereocenters. The van der Waals surface area contributed by atoms with Crippen LogP contribution in [-0.4, -0.2) is 62.8 Å². The maximum Gasteiger partial charge on any atom is 0.148 e. The van der Waals surface area contributed by atoms with E-state index in [0.717, 1.165) is 40.5 Å². The summed E-state index contributed by atoms with van der Waals surface area (Å²) < 4.78 is 7.92. The van der Waals surface area contributed by atoms with Crippen LogP contribution in [0.15, 0.2) is 18.3 Å². The average molecular weight is 409 g/mol. The van der Waals surface area contributed by atoms with Crippen molar-refractivity contribution < 1.29 is 4.74 Å². The number of rotatable bonds is 5. The van der Waals surface area contributed by atoms with Crippen LogP contribution in [0.25, 0.3) is 11.4 Å². The van der Waals surface area contributed by atoms with Gasteiger partial charge in [-0.05, 0) is 68.6 Å². The van der Waals surface area contributed by atoms with Crippen LogP contribution in [0.3, 0.4) is 0 Å². The number of likely N-dealkylation sites (tertiary alicyclic amines) is 1. The van der Waals surface area contributed by atoms with Crippen LogP contribution >= 0.6 is 0 Å². The third-order valence-electron chi connectivity index (χ3n) is 7.93. The molecule has 2 aromatic rings. The Morgan fingerprint density at radius 3 is 2.53 bits per heavy atom. The smallest absolute Gasteiger partial charge is 0.148 e. The topological polar surface area (TPSA) is 68.1 Å². The predicted octanol–water partition coefficient (Wildman–Crippen LogP) is 2.88. The van der Waals surface area contributed by atoms with Crippen LogP contribution in [0.4, 0.5) is 5.82 Å². The lowest BCUT2D eigenvalue weighted by atomic mass is 9.89. The van der Waals surface area contributed by atoms with Crippen molar-refractivity contribution in [3.8, 4) is 11.4 Å². The summed E-state index contributed by atoms with van der Waals surface area (Å²) in [6.45, 7) is 5.84. The van der Waals surface area contributed by atoms with Crippen LogP contribution in [0.2, 0.25) is 0 Å². The van der Waals surface area contributed by atoms with Crippen LogP contribution < -0.4 is 5.32 Å². The van der Waals surface area contributed by atoms with Crippen LogP contribution in [-0.2, 0) is 11.8 Å². The fraction of sp³-hybridized carbons (Fsp3) is 0.696. The summed E-state index contributed by atoms with van der Waals surface area (Å²) in [6, 6.07) is 4.63. The molecule has 1 aliphatic carbocycles. The van der Waals surface area contributed by atoms with E-state index >= 15 is 0 Å². The van der Waals surface area contributed by atoms with E-state index in [2.05, 4.69) is 38.5 Å². The molecule has 0 aromatic carbocycles. The Morgan fingerprint density at radius 2 is 1.93 bits per heavy atom. The first-order valence-corrected chi connectivity index (χ1v) is 11.6. The summed E-state index contributed by atoms with van der Waals surface area (Å²) in [4.78, 5) is 2.73. The summed E-state index contributed by atoms with van der Waals surface area (Å²) >= 11 is 0. The molecule has 5 unspecified atom stereocenters. The van der Waals surface area contributed by atoms with Crippen molar-refractivity contribution in [1.82, 2.24) is 24.9 Å². The lowest BCUT2D eigenvalue weighted by Crippen LogP contribution is -2.33. The highest BCUT2D eigenvalue weighted by molar-refractivity contribution is 5.59. The Kier molecular flexibility index (Phi) is 4.57. The molecule has 0 amide bonds. The van der Waals surface area contributed by atoms with E-state index in [1.54, 1.807) is 0 Å². The second-order valence-electron chi connectivity index (χ2n) is 10.0. The molecule has 1 N–H and O–H groups in total. The maximum absolute atomic E-state index is 6.06. The number of aryl methyl sites for hydroxylation is 2. The van der Waals surface area contributed by atoms with E-state index in [9.17, 15) is 0 Å². The number of anilines is 1. The highest BCUT2D eigenvalue weighted by Crippen LogP contribution is 2.43. The quantitative estimate of drug-likeness (QED) is 0.821. The zero-order valence-corrected chi connectivity index (χ0v) is 18.0.